The van der Waals surface area contributed by atoms with E-state index in [4.69, 9.17) is 0 Å². The second kappa shape index (κ2) is 11.2. The zero-order chi connectivity index (χ0) is 20.5. The van der Waals surface area contributed by atoms with Crippen LogP contribution in [0.3, 0.4) is 0 Å². The fourth-order valence-corrected chi connectivity index (χ4v) is 4.60. The lowest BCUT2D eigenvalue weighted by Gasteiger charge is -2.20. The van der Waals surface area contributed by atoms with Gasteiger partial charge in [-0.25, -0.2) is 8.61 Å². The molecule has 150 valence electrons. The molecule has 4 nitrogen and oxygen atoms in total. The molecule has 0 radical (unpaired) electrons. The molecule has 0 aliphatic rings. The summed E-state index contributed by atoms with van der Waals surface area (Å²) in [7, 11) is 2.43. The number of hydrogen-bond acceptors (Lipinski definition) is 4. The molecule has 0 unspecified atom stereocenters. The third-order valence-electron chi connectivity index (χ3n) is 4.05. The van der Waals surface area contributed by atoms with Gasteiger partial charge in [0.2, 0.25) is 12.8 Å². The molecule has 0 fully saturated rings. The quantitative estimate of drug-likeness (QED) is 0.259. The highest BCUT2D eigenvalue weighted by Gasteiger charge is 2.13. The van der Waals surface area contributed by atoms with E-state index in [1.165, 1.54) is 41.7 Å². The third kappa shape index (κ3) is 6.91. The fourth-order valence-electron chi connectivity index (χ4n) is 2.82. The first-order valence-electron chi connectivity index (χ1n) is 9.44. The van der Waals surface area contributed by atoms with Crippen molar-refractivity contribution in [1.29, 1.82) is 0 Å². The molecule has 6 heteroatoms. The lowest BCUT2D eigenvalue weighted by molar-refractivity contribution is -0.107. The van der Waals surface area contributed by atoms with Crippen molar-refractivity contribution in [3.05, 3.63) is 59.7 Å². The Labute approximate surface area is 176 Å². The van der Waals surface area contributed by atoms with Gasteiger partial charge < -0.3 is 0 Å². The monoisotopic (exact) mass is 416 g/mol. The van der Waals surface area contributed by atoms with E-state index >= 15 is 0 Å². The first kappa shape index (κ1) is 22.4. The maximum absolute atomic E-state index is 11.5. The Morgan fingerprint density at radius 3 is 1.25 bits per heavy atom. The molecule has 0 aliphatic heterocycles. The van der Waals surface area contributed by atoms with Crippen molar-refractivity contribution >= 4 is 46.2 Å². The Kier molecular flexibility index (Phi) is 8.93. The molecule has 2 rings (SSSR count). The van der Waals surface area contributed by atoms with E-state index in [0.29, 0.717) is 11.8 Å². The summed E-state index contributed by atoms with van der Waals surface area (Å²) in [6.07, 6.45) is 3.55. The van der Waals surface area contributed by atoms with Crippen LogP contribution in [0.15, 0.2) is 48.5 Å². The first-order chi connectivity index (χ1) is 13.4. The Balaban J connectivity index is 2.00. The van der Waals surface area contributed by atoms with Gasteiger partial charge in [0, 0.05) is 0 Å². The number of benzene rings is 2. The van der Waals surface area contributed by atoms with E-state index in [1.54, 1.807) is 0 Å². The van der Waals surface area contributed by atoms with Gasteiger partial charge in [-0.1, -0.05) is 52.0 Å². The van der Waals surface area contributed by atoms with Crippen LogP contribution in [0.1, 0.15) is 38.8 Å². The number of hydrogen-bond donors (Lipinski definition) is 0. The third-order valence-corrected chi connectivity index (χ3v) is 6.20. The van der Waals surface area contributed by atoms with Crippen molar-refractivity contribution in [3.63, 3.8) is 0 Å². The van der Waals surface area contributed by atoms with Gasteiger partial charge >= 0.3 is 0 Å². The molecule has 0 bridgehead atoms. The van der Waals surface area contributed by atoms with Crippen molar-refractivity contribution in [3.8, 4) is 0 Å². The predicted molar refractivity (Wildman–Crippen MR) is 122 cm³/mol. The van der Waals surface area contributed by atoms with E-state index in [-0.39, 0.29) is 0 Å². The number of rotatable bonds is 11. The van der Waals surface area contributed by atoms with Crippen molar-refractivity contribution in [1.82, 2.24) is 0 Å². The van der Waals surface area contributed by atoms with Crippen LogP contribution in [-0.4, -0.2) is 12.8 Å². The SMILES string of the molecule is CC(C)Cc1ccc(N(C=O)SSN(C=O)c2ccc(CC(C)C)cc2)cc1. The highest BCUT2D eigenvalue weighted by molar-refractivity contribution is 8.78. The first-order valence-corrected chi connectivity index (χ1v) is 11.5. The molecular weight excluding hydrogens is 388 g/mol. The normalized spacial score (nSPS) is 10.9. The molecule has 0 N–H and O–H groups in total. The molecule has 28 heavy (non-hydrogen) atoms. The van der Waals surface area contributed by atoms with E-state index in [9.17, 15) is 9.59 Å². The maximum atomic E-state index is 11.5. The largest absolute Gasteiger partial charge is 0.277 e. The molecule has 0 heterocycles. The van der Waals surface area contributed by atoms with Gasteiger partial charge in [0.05, 0.1) is 33.3 Å². The lowest BCUT2D eigenvalue weighted by atomic mass is 10.0. The molecule has 2 amide bonds. The van der Waals surface area contributed by atoms with Gasteiger partial charge in [-0.3, -0.25) is 9.59 Å². The van der Waals surface area contributed by atoms with Crippen LogP contribution in [-0.2, 0) is 22.4 Å². The summed E-state index contributed by atoms with van der Waals surface area (Å²) >= 11 is 0. The predicted octanol–water partition coefficient (Wildman–Crippen LogP) is 5.92. The lowest BCUT2D eigenvalue weighted by Crippen LogP contribution is -2.15. The summed E-state index contributed by atoms with van der Waals surface area (Å²) in [5.74, 6) is 1.18. The highest BCUT2D eigenvalue weighted by atomic mass is 33.1. The molecule has 0 aliphatic carbocycles. The number of nitrogens with zero attached hydrogens (tertiary/aromatic N) is 2. The number of carbonyl (C=O) groups excluding carboxylic acids is 2. The summed E-state index contributed by atoms with van der Waals surface area (Å²) in [5.41, 5.74) is 4.08. The van der Waals surface area contributed by atoms with Crippen LogP contribution in [0.2, 0.25) is 0 Å². The molecular formula is C22H28N2O2S2. The summed E-state index contributed by atoms with van der Waals surface area (Å²) in [6.45, 7) is 8.73. The van der Waals surface area contributed by atoms with Crippen LogP contribution in [0.5, 0.6) is 0 Å². The van der Waals surface area contributed by atoms with Gasteiger partial charge in [-0.2, -0.15) is 0 Å². The van der Waals surface area contributed by atoms with Crippen LogP contribution in [0.25, 0.3) is 0 Å². The highest BCUT2D eigenvalue weighted by Crippen LogP contribution is 2.35. The fraction of sp³-hybridized carbons (Fsp3) is 0.364. The van der Waals surface area contributed by atoms with Crippen LogP contribution in [0, 0.1) is 11.8 Å². The van der Waals surface area contributed by atoms with Gasteiger partial charge in [-0.05, 0) is 60.1 Å². The maximum Gasteiger partial charge on any atom is 0.224 e. The minimum Gasteiger partial charge on any atom is -0.277 e. The smallest absolute Gasteiger partial charge is 0.224 e. The number of anilines is 2. The molecule has 0 spiro atoms. The average Bonchev–Trinajstić information content (AvgIpc) is 2.66. The van der Waals surface area contributed by atoms with Gasteiger partial charge in [0.15, 0.2) is 0 Å². The van der Waals surface area contributed by atoms with Crippen molar-refractivity contribution in [2.24, 2.45) is 11.8 Å². The molecule has 0 atom stereocenters. The molecule has 0 saturated heterocycles. The average molecular weight is 417 g/mol. The standard InChI is InChI=1S/C22H28N2O2S2/c1-17(2)13-19-5-9-21(10-6-19)23(15-25)27-28-24(16-26)22-11-7-20(8-12-22)14-18(3)4/h5-12,15-18H,13-14H2,1-4H3. The Hall–Kier alpha value is -1.92. The van der Waals surface area contributed by atoms with Crippen LogP contribution < -0.4 is 8.61 Å². The second-order valence-corrected chi connectivity index (χ2v) is 9.52. The Morgan fingerprint density at radius 2 is 1.00 bits per heavy atom. The van der Waals surface area contributed by atoms with E-state index in [0.717, 1.165) is 37.0 Å². The molecule has 2 aromatic carbocycles. The van der Waals surface area contributed by atoms with E-state index in [2.05, 4.69) is 27.7 Å². The molecule has 2 aromatic rings. The summed E-state index contributed by atoms with van der Waals surface area (Å²) in [4.78, 5) is 23.1. The summed E-state index contributed by atoms with van der Waals surface area (Å²) < 4.78 is 3.04. The van der Waals surface area contributed by atoms with Crippen LogP contribution >= 0.6 is 22.0 Å². The number of carbonyl (C=O) groups is 2. The number of amides is 2. The Morgan fingerprint density at radius 1 is 0.679 bits per heavy atom. The van der Waals surface area contributed by atoms with Crippen molar-refractivity contribution < 1.29 is 9.59 Å². The van der Waals surface area contributed by atoms with Crippen molar-refractivity contribution in [2.45, 2.75) is 40.5 Å². The van der Waals surface area contributed by atoms with Gasteiger partial charge in [0.1, 0.15) is 0 Å². The Bertz CT molecular complexity index is 681. The second-order valence-electron chi connectivity index (χ2n) is 7.54. The topological polar surface area (TPSA) is 40.6 Å². The summed E-state index contributed by atoms with van der Waals surface area (Å²) in [6, 6.07) is 15.9. The van der Waals surface area contributed by atoms with Crippen LogP contribution in [0.4, 0.5) is 11.4 Å². The zero-order valence-electron chi connectivity index (χ0n) is 16.9. The van der Waals surface area contributed by atoms with Gasteiger partial charge in [0.25, 0.3) is 0 Å². The van der Waals surface area contributed by atoms with Gasteiger partial charge in [-0.15, -0.1) is 0 Å². The van der Waals surface area contributed by atoms with E-state index in [1.807, 2.05) is 48.5 Å². The minimum absolute atomic E-state index is 0.589. The summed E-state index contributed by atoms with van der Waals surface area (Å²) in [5, 5.41) is 0. The minimum atomic E-state index is 0.589. The van der Waals surface area contributed by atoms with Crippen molar-refractivity contribution in [2.75, 3.05) is 8.61 Å². The zero-order valence-corrected chi connectivity index (χ0v) is 18.5. The molecule has 0 saturated carbocycles. The van der Waals surface area contributed by atoms with E-state index < -0.39 is 0 Å². The molecule has 0 aromatic heterocycles.